The predicted octanol–water partition coefficient (Wildman–Crippen LogP) is 1.51. The molecule has 0 spiro atoms. The van der Waals surface area contributed by atoms with E-state index in [0.717, 1.165) is 25.9 Å². The molecule has 0 radical (unpaired) electrons. The zero-order valence-corrected chi connectivity index (χ0v) is 9.00. The minimum atomic E-state index is 0.363. The van der Waals surface area contributed by atoms with Crippen molar-refractivity contribution in [1.82, 2.24) is 4.90 Å². The molecular formula is C11H18N4. The van der Waals surface area contributed by atoms with Crippen LogP contribution < -0.4 is 5.73 Å². The average molecular weight is 206 g/mol. The van der Waals surface area contributed by atoms with Crippen LogP contribution in [0, 0.1) is 5.41 Å². The molecule has 4 heteroatoms. The first-order valence-electron chi connectivity index (χ1n) is 5.13. The highest BCUT2D eigenvalue weighted by atomic mass is 15.2. The van der Waals surface area contributed by atoms with E-state index in [4.69, 9.17) is 11.1 Å². The second-order valence-corrected chi connectivity index (χ2v) is 3.56. The lowest BCUT2D eigenvalue weighted by molar-refractivity contribution is 0.340. The second-order valence-electron chi connectivity index (χ2n) is 3.56. The Balaban J connectivity index is 2.80. The Labute approximate surface area is 90.7 Å². The van der Waals surface area contributed by atoms with E-state index >= 15 is 0 Å². The minimum absolute atomic E-state index is 0.363. The van der Waals surface area contributed by atoms with E-state index in [-0.39, 0.29) is 0 Å². The predicted molar refractivity (Wildman–Crippen MR) is 64.1 cm³/mol. The van der Waals surface area contributed by atoms with Crippen molar-refractivity contribution in [2.45, 2.75) is 19.3 Å². The van der Waals surface area contributed by atoms with Crippen molar-refractivity contribution in [3.63, 3.8) is 0 Å². The molecule has 0 aromatic carbocycles. The highest BCUT2D eigenvalue weighted by Crippen LogP contribution is 2.14. The Hall–Kier alpha value is -1.58. The summed E-state index contributed by atoms with van der Waals surface area (Å²) in [6.45, 7) is 8.82. The van der Waals surface area contributed by atoms with Gasteiger partial charge >= 0.3 is 0 Å². The molecule has 0 aromatic rings. The van der Waals surface area contributed by atoms with Crippen LogP contribution >= 0.6 is 0 Å². The Kier molecular flexibility index (Phi) is 4.09. The van der Waals surface area contributed by atoms with Gasteiger partial charge in [0.05, 0.1) is 5.70 Å². The lowest BCUT2D eigenvalue weighted by atomic mass is 10.1. The first-order chi connectivity index (χ1) is 7.20. The molecule has 0 amide bonds. The summed E-state index contributed by atoms with van der Waals surface area (Å²) in [5.74, 6) is 0.363. The summed E-state index contributed by atoms with van der Waals surface area (Å²) in [6, 6.07) is 0. The minimum Gasteiger partial charge on any atom is -0.397 e. The van der Waals surface area contributed by atoms with Crippen molar-refractivity contribution in [2.75, 3.05) is 13.1 Å². The maximum atomic E-state index is 7.98. The summed E-state index contributed by atoms with van der Waals surface area (Å²) in [7, 11) is 0. The number of nitrogens with one attached hydrogen (secondary N) is 1. The van der Waals surface area contributed by atoms with Crippen LogP contribution in [0.5, 0.6) is 0 Å². The number of likely N-dealkylation sites (tertiary alicyclic amines) is 1. The fourth-order valence-corrected chi connectivity index (χ4v) is 1.67. The van der Waals surface area contributed by atoms with Gasteiger partial charge in [-0.1, -0.05) is 6.58 Å². The molecule has 4 nitrogen and oxygen atoms in total. The summed E-state index contributed by atoms with van der Waals surface area (Å²) in [6.07, 6.45) is 4.99. The fraction of sp³-hybridized carbons (Fsp3) is 0.455. The standard InChI is InChI=1S/C11H18N4/c1-3-9(12)10(14-2)11(13)15-7-5-4-6-8-15/h3,13H,1-2,4-8,12H2/b10-9+,13-11?. The van der Waals surface area contributed by atoms with Gasteiger partial charge in [0.2, 0.25) is 0 Å². The van der Waals surface area contributed by atoms with Crippen molar-refractivity contribution < 1.29 is 0 Å². The highest BCUT2D eigenvalue weighted by molar-refractivity contribution is 5.97. The van der Waals surface area contributed by atoms with Crippen LogP contribution in [0.1, 0.15) is 19.3 Å². The molecule has 3 N–H and O–H groups in total. The number of nitrogens with two attached hydrogens (primary N) is 1. The van der Waals surface area contributed by atoms with E-state index in [1.165, 1.54) is 12.5 Å². The summed E-state index contributed by atoms with van der Waals surface area (Å²) in [5.41, 5.74) is 6.55. The van der Waals surface area contributed by atoms with Gasteiger partial charge in [-0.2, -0.15) is 0 Å². The van der Waals surface area contributed by atoms with Gasteiger partial charge in [0.25, 0.3) is 0 Å². The first kappa shape index (κ1) is 11.5. The maximum absolute atomic E-state index is 7.98. The highest BCUT2D eigenvalue weighted by Gasteiger charge is 2.17. The third-order valence-corrected chi connectivity index (χ3v) is 2.55. The van der Waals surface area contributed by atoms with Crippen molar-refractivity contribution in [1.29, 1.82) is 5.41 Å². The number of amidine groups is 1. The topological polar surface area (TPSA) is 65.5 Å². The van der Waals surface area contributed by atoms with Gasteiger partial charge < -0.3 is 10.6 Å². The monoisotopic (exact) mass is 206 g/mol. The molecular weight excluding hydrogens is 188 g/mol. The van der Waals surface area contributed by atoms with Crippen LogP contribution in [-0.2, 0) is 0 Å². The van der Waals surface area contributed by atoms with Crippen LogP contribution in [-0.4, -0.2) is 30.5 Å². The number of piperidine rings is 1. The molecule has 0 aromatic heterocycles. The fourth-order valence-electron chi connectivity index (χ4n) is 1.67. The lowest BCUT2D eigenvalue weighted by Crippen LogP contribution is -2.36. The van der Waals surface area contributed by atoms with Crippen LogP contribution in [0.25, 0.3) is 0 Å². The zero-order valence-electron chi connectivity index (χ0n) is 9.00. The van der Waals surface area contributed by atoms with Gasteiger partial charge in [-0.3, -0.25) is 10.4 Å². The number of rotatable bonds is 3. The van der Waals surface area contributed by atoms with Gasteiger partial charge in [-0.25, -0.2) is 0 Å². The molecule has 1 heterocycles. The number of nitrogens with zero attached hydrogens (tertiary/aromatic N) is 2. The normalized spacial score (nSPS) is 18.0. The van der Waals surface area contributed by atoms with Gasteiger partial charge in [0.1, 0.15) is 11.5 Å². The van der Waals surface area contributed by atoms with Crippen molar-refractivity contribution >= 4 is 12.6 Å². The Morgan fingerprint density at radius 1 is 1.33 bits per heavy atom. The Bertz CT molecular complexity index is 298. The number of hydrogen-bond acceptors (Lipinski definition) is 3. The van der Waals surface area contributed by atoms with E-state index in [0.29, 0.717) is 17.2 Å². The molecule has 1 saturated heterocycles. The molecule has 1 aliphatic heterocycles. The number of aliphatic imine (C=N–C) groups is 1. The number of allylic oxidation sites excluding steroid dienone is 1. The van der Waals surface area contributed by atoms with Gasteiger partial charge in [-0.15, -0.1) is 0 Å². The Morgan fingerprint density at radius 2 is 1.93 bits per heavy atom. The third kappa shape index (κ3) is 2.68. The molecule has 1 fully saturated rings. The van der Waals surface area contributed by atoms with Crippen LogP contribution in [0.4, 0.5) is 0 Å². The molecule has 0 saturated carbocycles. The lowest BCUT2D eigenvalue weighted by Gasteiger charge is -2.29. The van der Waals surface area contributed by atoms with E-state index < -0.39 is 0 Å². The molecule has 0 unspecified atom stereocenters. The van der Waals surface area contributed by atoms with Crippen LogP contribution in [0.15, 0.2) is 29.0 Å². The van der Waals surface area contributed by atoms with Crippen molar-refractivity contribution in [2.24, 2.45) is 10.7 Å². The molecule has 1 rings (SSSR count). The average Bonchev–Trinajstić information content (AvgIpc) is 2.30. The largest absolute Gasteiger partial charge is 0.397 e. The summed E-state index contributed by atoms with van der Waals surface area (Å²) in [4.78, 5) is 5.79. The summed E-state index contributed by atoms with van der Waals surface area (Å²) >= 11 is 0. The van der Waals surface area contributed by atoms with Gasteiger partial charge in [-0.05, 0) is 32.1 Å². The van der Waals surface area contributed by atoms with Gasteiger partial charge in [0.15, 0.2) is 0 Å². The first-order valence-corrected chi connectivity index (χ1v) is 5.13. The third-order valence-electron chi connectivity index (χ3n) is 2.55. The van der Waals surface area contributed by atoms with E-state index in [2.05, 4.69) is 18.3 Å². The van der Waals surface area contributed by atoms with E-state index in [1.54, 1.807) is 0 Å². The molecule has 82 valence electrons. The van der Waals surface area contributed by atoms with Crippen LogP contribution in [0.2, 0.25) is 0 Å². The zero-order chi connectivity index (χ0) is 11.3. The van der Waals surface area contributed by atoms with E-state index in [1.807, 2.05) is 4.90 Å². The summed E-state index contributed by atoms with van der Waals surface area (Å²) in [5, 5.41) is 7.98. The molecule has 0 atom stereocenters. The SMILES string of the molecule is C=C/C(N)=C(\N=C)C(=N)N1CCCCC1. The molecule has 1 aliphatic rings. The van der Waals surface area contributed by atoms with Crippen molar-refractivity contribution in [3.8, 4) is 0 Å². The summed E-state index contributed by atoms with van der Waals surface area (Å²) < 4.78 is 0. The maximum Gasteiger partial charge on any atom is 0.149 e. The second kappa shape index (κ2) is 5.34. The van der Waals surface area contributed by atoms with Crippen molar-refractivity contribution in [3.05, 3.63) is 24.0 Å². The van der Waals surface area contributed by atoms with Gasteiger partial charge in [0, 0.05) is 13.1 Å². The molecule has 0 aliphatic carbocycles. The molecule has 15 heavy (non-hydrogen) atoms. The van der Waals surface area contributed by atoms with Crippen LogP contribution in [0.3, 0.4) is 0 Å². The number of hydrogen-bond donors (Lipinski definition) is 2. The van der Waals surface area contributed by atoms with E-state index in [9.17, 15) is 0 Å². The Morgan fingerprint density at radius 3 is 2.40 bits per heavy atom. The quantitative estimate of drug-likeness (QED) is 0.417. The molecule has 0 bridgehead atoms. The smallest absolute Gasteiger partial charge is 0.149 e.